The van der Waals surface area contributed by atoms with E-state index in [2.05, 4.69) is 0 Å². The number of hydrogen-bond acceptors (Lipinski definition) is 4. The minimum absolute atomic E-state index is 0.139. The van der Waals surface area contributed by atoms with E-state index >= 15 is 0 Å². The van der Waals surface area contributed by atoms with Gasteiger partial charge in [0.15, 0.2) is 0 Å². The Balaban J connectivity index is 3.11. The van der Waals surface area contributed by atoms with Gasteiger partial charge in [-0.1, -0.05) is 26.2 Å². The van der Waals surface area contributed by atoms with Gasteiger partial charge in [0.1, 0.15) is 0 Å². The molecule has 0 saturated heterocycles. The molecule has 0 spiro atoms. The molecule has 0 heterocycles. The number of hydrogen-bond donors (Lipinski definition) is 0. The van der Waals surface area contributed by atoms with Crippen LogP contribution in [0.3, 0.4) is 0 Å². The summed E-state index contributed by atoms with van der Waals surface area (Å²) in [7, 11) is 2.70. The van der Waals surface area contributed by atoms with Crippen LogP contribution in [0.5, 0.6) is 0 Å². The monoisotopic (exact) mass is 254 g/mol. The number of methoxy groups -OCH3 is 2. The van der Waals surface area contributed by atoms with Gasteiger partial charge in [0.25, 0.3) is 0 Å². The highest BCUT2D eigenvalue weighted by Gasteiger charge is 2.29. The molecule has 4 heteroatoms. The van der Waals surface area contributed by atoms with E-state index < -0.39 is 5.97 Å². The Morgan fingerprint density at radius 3 is 2.00 bits per heavy atom. The van der Waals surface area contributed by atoms with Gasteiger partial charge in [0, 0.05) is 5.57 Å². The highest BCUT2D eigenvalue weighted by atomic mass is 16.5. The molecular weight excluding hydrogens is 232 g/mol. The summed E-state index contributed by atoms with van der Waals surface area (Å²) in [6.45, 7) is 1.86. The Morgan fingerprint density at radius 2 is 1.56 bits per heavy atom. The third kappa shape index (κ3) is 3.34. The maximum absolute atomic E-state index is 11.9. The normalized spacial score (nSPS) is 17.9. The van der Waals surface area contributed by atoms with Gasteiger partial charge in [-0.25, -0.2) is 9.59 Å². The van der Waals surface area contributed by atoms with Crippen molar-refractivity contribution in [2.75, 3.05) is 14.2 Å². The van der Waals surface area contributed by atoms with Gasteiger partial charge in [0.2, 0.25) is 0 Å². The molecule has 1 aliphatic rings. The fraction of sp³-hybridized carbons (Fsp3) is 0.714. The molecule has 0 radical (unpaired) electrons. The van der Waals surface area contributed by atoms with E-state index in [4.69, 9.17) is 9.47 Å². The predicted octanol–water partition coefficient (Wildman–Crippen LogP) is 2.62. The van der Waals surface area contributed by atoms with E-state index in [0.717, 1.165) is 25.7 Å². The molecule has 0 unspecified atom stereocenters. The molecule has 18 heavy (non-hydrogen) atoms. The fourth-order valence-corrected chi connectivity index (χ4v) is 2.61. The summed E-state index contributed by atoms with van der Waals surface area (Å²) in [5, 5.41) is 0. The van der Waals surface area contributed by atoms with Crippen molar-refractivity contribution in [3.05, 3.63) is 11.1 Å². The third-order valence-corrected chi connectivity index (χ3v) is 3.53. The first-order chi connectivity index (χ1) is 8.65. The van der Waals surface area contributed by atoms with Gasteiger partial charge < -0.3 is 9.47 Å². The summed E-state index contributed by atoms with van der Waals surface area (Å²) in [6, 6.07) is 0. The quantitative estimate of drug-likeness (QED) is 0.571. The van der Waals surface area contributed by atoms with Crippen LogP contribution in [0.25, 0.3) is 0 Å². The Morgan fingerprint density at radius 1 is 1.00 bits per heavy atom. The molecule has 102 valence electrons. The van der Waals surface area contributed by atoms with Gasteiger partial charge in [-0.2, -0.15) is 0 Å². The average molecular weight is 254 g/mol. The van der Waals surface area contributed by atoms with E-state index in [1.54, 1.807) is 0 Å². The van der Waals surface area contributed by atoms with Crippen LogP contribution in [-0.4, -0.2) is 26.2 Å². The summed E-state index contributed by atoms with van der Waals surface area (Å²) in [5.74, 6) is -0.659. The van der Waals surface area contributed by atoms with Crippen molar-refractivity contribution < 1.29 is 19.1 Å². The Kier molecular flexibility index (Phi) is 5.89. The second-order valence-electron chi connectivity index (χ2n) is 4.56. The van der Waals surface area contributed by atoms with E-state index in [-0.39, 0.29) is 11.9 Å². The maximum Gasteiger partial charge on any atom is 0.334 e. The zero-order chi connectivity index (χ0) is 13.5. The molecule has 0 bridgehead atoms. The first-order valence-corrected chi connectivity index (χ1v) is 6.55. The Hall–Kier alpha value is -1.32. The zero-order valence-corrected chi connectivity index (χ0v) is 11.5. The Bertz CT molecular complexity index is 338. The molecule has 1 saturated carbocycles. The van der Waals surface area contributed by atoms with Crippen LogP contribution in [-0.2, 0) is 19.1 Å². The molecule has 1 fully saturated rings. The maximum atomic E-state index is 11.9. The molecular formula is C14H22O4. The summed E-state index contributed by atoms with van der Waals surface area (Å²) < 4.78 is 9.60. The van der Waals surface area contributed by atoms with Gasteiger partial charge in [-0.05, 0) is 25.2 Å². The zero-order valence-electron chi connectivity index (χ0n) is 11.5. The van der Waals surface area contributed by atoms with Crippen LogP contribution in [0.2, 0.25) is 0 Å². The third-order valence-electron chi connectivity index (χ3n) is 3.53. The average Bonchev–Trinajstić information content (AvgIpc) is 2.43. The molecule has 0 aliphatic heterocycles. The highest BCUT2D eigenvalue weighted by Crippen LogP contribution is 2.33. The van der Waals surface area contributed by atoms with E-state index in [9.17, 15) is 9.59 Å². The van der Waals surface area contributed by atoms with Crippen LogP contribution in [0.1, 0.15) is 45.4 Å². The van der Waals surface area contributed by atoms with Crippen LogP contribution in [0, 0.1) is 5.92 Å². The summed E-state index contributed by atoms with van der Waals surface area (Å²) in [6.07, 6.45) is 5.79. The van der Waals surface area contributed by atoms with Crippen molar-refractivity contribution in [3.8, 4) is 0 Å². The number of rotatable bonds is 4. The molecule has 0 aromatic carbocycles. The van der Waals surface area contributed by atoms with E-state index in [1.165, 1.54) is 20.6 Å². The van der Waals surface area contributed by atoms with Crippen LogP contribution in [0.4, 0.5) is 0 Å². The van der Waals surface area contributed by atoms with E-state index in [1.807, 2.05) is 6.92 Å². The Labute approximate surface area is 108 Å². The fourth-order valence-electron chi connectivity index (χ4n) is 2.61. The summed E-state index contributed by atoms with van der Waals surface area (Å²) >= 11 is 0. The number of carbonyl (C=O) groups excluding carboxylic acids is 2. The highest BCUT2D eigenvalue weighted by molar-refractivity contribution is 6.00. The number of carbonyl (C=O) groups is 2. The molecule has 1 rings (SSSR count). The van der Waals surface area contributed by atoms with Crippen molar-refractivity contribution >= 4 is 11.9 Å². The topological polar surface area (TPSA) is 52.6 Å². The first kappa shape index (κ1) is 14.7. The van der Waals surface area contributed by atoms with Gasteiger partial charge in [-0.3, -0.25) is 0 Å². The summed E-state index contributed by atoms with van der Waals surface area (Å²) in [5.41, 5.74) is 1.00. The lowest BCUT2D eigenvalue weighted by molar-refractivity contribution is -0.140. The molecule has 4 nitrogen and oxygen atoms in total. The second kappa shape index (κ2) is 7.19. The van der Waals surface area contributed by atoms with Crippen molar-refractivity contribution in [2.45, 2.75) is 45.4 Å². The predicted molar refractivity (Wildman–Crippen MR) is 67.9 cm³/mol. The summed E-state index contributed by atoms with van der Waals surface area (Å²) in [4.78, 5) is 23.7. The molecule has 0 amide bonds. The molecule has 0 aromatic heterocycles. The molecule has 0 aromatic rings. The SMILES string of the molecule is CCC(C(=O)OC)=C(C(=O)OC)C1CCCCC1. The van der Waals surface area contributed by atoms with Crippen molar-refractivity contribution in [1.29, 1.82) is 0 Å². The lowest BCUT2D eigenvalue weighted by Crippen LogP contribution is -2.22. The molecule has 1 aliphatic carbocycles. The molecule has 0 N–H and O–H groups in total. The second-order valence-corrected chi connectivity index (χ2v) is 4.56. The standard InChI is InChI=1S/C14H22O4/c1-4-11(13(15)17-2)12(14(16)18-3)10-8-6-5-7-9-10/h10H,4-9H2,1-3H3. The van der Waals surface area contributed by atoms with Crippen LogP contribution in [0.15, 0.2) is 11.1 Å². The molecule has 0 atom stereocenters. The number of esters is 2. The van der Waals surface area contributed by atoms with E-state index in [0.29, 0.717) is 17.6 Å². The lowest BCUT2D eigenvalue weighted by Gasteiger charge is -2.24. The van der Waals surface area contributed by atoms with Crippen molar-refractivity contribution in [2.24, 2.45) is 5.92 Å². The first-order valence-electron chi connectivity index (χ1n) is 6.55. The van der Waals surface area contributed by atoms with Gasteiger partial charge >= 0.3 is 11.9 Å². The van der Waals surface area contributed by atoms with Gasteiger partial charge in [0.05, 0.1) is 19.8 Å². The lowest BCUT2D eigenvalue weighted by atomic mass is 9.81. The van der Waals surface area contributed by atoms with Crippen molar-refractivity contribution in [3.63, 3.8) is 0 Å². The minimum Gasteiger partial charge on any atom is -0.466 e. The van der Waals surface area contributed by atoms with Gasteiger partial charge in [-0.15, -0.1) is 0 Å². The smallest absolute Gasteiger partial charge is 0.334 e. The minimum atomic E-state index is -0.413. The largest absolute Gasteiger partial charge is 0.466 e. The number of ether oxygens (including phenoxy) is 2. The van der Waals surface area contributed by atoms with Crippen molar-refractivity contribution in [1.82, 2.24) is 0 Å². The van der Waals surface area contributed by atoms with Crippen LogP contribution < -0.4 is 0 Å². The van der Waals surface area contributed by atoms with Crippen LogP contribution >= 0.6 is 0 Å².